The molecular weight excluding hydrogens is 1280 g/mol. The summed E-state index contributed by atoms with van der Waals surface area (Å²) in [6.45, 7) is 21.9. The van der Waals surface area contributed by atoms with E-state index in [9.17, 15) is 61.4 Å². The second kappa shape index (κ2) is 40.5. The van der Waals surface area contributed by atoms with Gasteiger partial charge in [-0.1, -0.05) is 131 Å². The number of methoxy groups -OCH3 is 2. The highest BCUT2D eigenvalue weighted by Crippen LogP contribution is 2.34. The topological polar surface area (TPSA) is 251 Å². The van der Waals surface area contributed by atoms with E-state index in [1.165, 1.54) is 19.1 Å². The van der Waals surface area contributed by atoms with Gasteiger partial charge in [0.15, 0.2) is 11.6 Å². The van der Waals surface area contributed by atoms with Gasteiger partial charge in [0.05, 0.1) is 62.1 Å². The first-order valence-corrected chi connectivity index (χ1v) is 36.0. The van der Waals surface area contributed by atoms with Crippen LogP contribution in [-0.4, -0.2) is 205 Å². The summed E-state index contributed by atoms with van der Waals surface area (Å²) < 4.78 is 67.1. The number of ketones is 3. The van der Waals surface area contributed by atoms with Crippen LogP contribution < -0.4 is 10.6 Å². The number of anilines is 1. The van der Waals surface area contributed by atoms with Gasteiger partial charge in [0.1, 0.15) is 18.4 Å². The number of aliphatic hydroxyl groups excluding tert-OH is 1. The third-order valence-electron chi connectivity index (χ3n) is 20.6. The number of likely N-dealkylation sites (N-methyl/N-ethyl adjacent to an activating group) is 2. The van der Waals surface area contributed by atoms with Crippen molar-refractivity contribution in [3.05, 3.63) is 65.7 Å². The molecule has 3 saturated heterocycles. The van der Waals surface area contributed by atoms with Gasteiger partial charge >= 0.3 is 12.3 Å². The fourth-order valence-corrected chi connectivity index (χ4v) is 14.4. The van der Waals surface area contributed by atoms with Gasteiger partial charge in [-0.05, 0) is 97.9 Å². The molecule has 99 heavy (non-hydrogen) atoms. The Hall–Kier alpha value is -6.18. The fourth-order valence-electron chi connectivity index (χ4n) is 14.4. The summed E-state index contributed by atoms with van der Waals surface area (Å²) in [6.07, 6.45) is -4.50. The van der Waals surface area contributed by atoms with Crippen molar-refractivity contribution in [3.63, 3.8) is 0 Å². The Morgan fingerprint density at radius 2 is 1.35 bits per heavy atom. The Labute approximate surface area is 586 Å². The molecule has 21 nitrogen and oxygen atoms in total. The second-order valence-corrected chi connectivity index (χ2v) is 28.9. The number of halogens is 3. The Bertz CT molecular complexity index is 2900. The highest BCUT2D eigenvalue weighted by molar-refractivity contribution is 6.02. The van der Waals surface area contributed by atoms with Crippen molar-refractivity contribution in [1.82, 2.24) is 29.8 Å². The summed E-state index contributed by atoms with van der Waals surface area (Å²) >= 11 is 0. The van der Waals surface area contributed by atoms with E-state index in [0.29, 0.717) is 89.2 Å². The lowest BCUT2D eigenvalue weighted by Crippen LogP contribution is -2.54. The molecule has 556 valence electrons. The molecule has 0 aliphatic carbocycles. The molecule has 5 rings (SSSR count). The highest BCUT2D eigenvalue weighted by Gasteiger charge is 2.46. The molecule has 13 atom stereocenters. The van der Waals surface area contributed by atoms with E-state index < -0.39 is 102 Å². The molecule has 2 aromatic carbocycles. The zero-order valence-corrected chi connectivity index (χ0v) is 61.3. The number of ether oxygens (including phenoxy) is 4. The largest absolute Gasteiger partial charge is 0.445 e. The van der Waals surface area contributed by atoms with E-state index in [4.69, 9.17) is 18.9 Å². The van der Waals surface area contributed by atoms with E-state index >= 15 is 0 Å². The lowest BCUT2D eigenvalue weighted by Gasteiger charge is -2.41. The molecule has 0 unspecified atom stereocenters. The molecule has 2 aromatic rings. The summed E-state index contributed by atoms with van der Waals surface area (Å²) in [5.74, 6) is -6.52. The molecular formula is C75H116F3N7O14. The van der Waals surface area contributed by atoms with Crippen LogP contribution in [0.1, 0.15) is 183 Å². The molecule has 3 fully saturated rings. The number of carbonyl (C=O) groups is 9. The average Bonchev–Trinajstić information content (AvgIpc) is 1.80. The van der Waals surface area contributed by atoms with E-state index in [-0.39, 0.29) is 124 Å². The number of aliphatic hydroxyl groups is 1. The van der Waals surface area contributed by atoms with Crippen LogP contribution >= 0.6 is 0 Å². The van der Waals surface area contributed by atoms with Gasteiger partial charge in [-0.2, -0.15) is 13.2 Å². The monoisotopic (exact) mass is 1400 g/mol. The Balaban J connectivity index is 1.20. The lowest BCUT2D eigenvalue weighted by molar-refractivity contribution is -0.161. The van der Waals surface area contributed by atoms with E-state index in [2.05, 4.69) is 15.5 Å². The predicted octanol–water partition coefficient (Wildman–Crippen LogP) is 10.6. The van der Waals surface area contributed by atoms with Crippen molar-refractivity contribution in [3.8, 4) is 0 Å². The van der Waals surface area contributed by atoms with Crippen molar-refractivity contribution in [1.29, 1.82) is 0 Å². The SMILES string of the molecule is CC[C@H](C)[C@@H]([C@@H](CC(=O)N1CCC[C@H]1[C@H](OC)[C@@H](C)C(=O)C[C@H](C)[C@@H](O)c1ccccc1)OC)N(C)C(=O)[C@@H](CC(=O)[C@H](C(C)C)N(C)C(=O)OCc1ccc(NC(=O)[C@H](CCCN2CCOCC2)CC(=O)[C@@H](N[C@H](CCCCCN2C(=O)CCC2=O)C(F)(F)F)C(C)C)cc1)C(C)C. The molecule has 6 amide bonds. The molecule has 3 aliphatic rings. The zero-order chi connectivity index (χ0) is 73.4. The number of benzene rings is 2. The standard InChI is InChI=1S/C75H116F3N7O14/c1-15-50(8)69(62(96-13)45-66(91)84-37-23-27-58(84)71(97-14)52(10)59(86)42-51(9)70(92)54-24-18-16-19-25-54)81(11)73(94)57(47(2)3)44-61(88)68(49(6)7)82(12)74(95)99-46-53-29-31-56(32-30-53)79-72(93)55(26-22-35-83-38-40-98-41-39-83)43-60(87)67(48(4)5)80-63(75(76,77)78)28-20-17-21-36-85-64(89)33-34-65(85)90/h16,18-19,24-25,29-32,47-52,55,57-58,62-63,67-71,80,92H,15,17,20-23,26-28,33-46H2,1-14H3,(H,79,93)/t50-,51-,52-,55+,57-,58-,62+,63+,67-,68-,69-,70+,71+/m0/s1. The van der Waals surface area contributed by atoms with Gasteiger partial charge in [-0.15, -0.1) is 0 Å². The normalized spacial score (nSPS) is 19.2. The maximum absolute atomic E-state index is 14.9. The number of Topliss-reactive ketones (excluding diaryl/α,β-unsaturated/α-hetero) is 3. The number of amides is 6. The van der Waals surface area contributed by atoms with Crippen LogP contribution in [0.25, 0.3) is 0 Å². The number of unbranched alkanes of at least 4 members (excludes halogenated alkanes) is 2. The van der Waals surface area contributed by atoms with E-state index in [1.54, 1.807) is 75.9 Å². The minimum atomic E-state index is -4.68. The number of rotatable bonds is 42. The van der Waals surface area contributed by atoms with Crippen LogP contribution in [0.2, 0.25) is 0 Å². The minimum absolute atomic E-state index is 0.0607. The molecule has 3 aliphatic heterocycles. The Morgan fingerprint density at radius 1 is 0.707 bits per heavy atom. The molecule has 0 radical (unpaired) electrons. The van der Waals surface area contributed by atoms with Crippen molar-refractivity contribution < 1.29 is 80.4 Å². The van der Waals surface area contributed by atoms with Gasteiger partial charge < -0.3 is 44.1 Å². The molecule has 0 aromatic heterocycles. The Morgan fingerprint density at radius 3 is 1.93 bits per heavy atom. The minimum Gasteiger partial charge on any atom is -0.445 e. The Kier molecular flexibility index (Phi) is 34.1. The quantitative estimate of drug-likeness (QED) is 0.0413. The molecule has 24 heteroatoms. The second-order valence-electron chi connectivity index (χ2n) is 28.9. The van der Waals surface area contributed by atoms with E-state index in [0.717, 1.165) is 10.5 Å². The maximum Gasteiger partial charge on any atom is 0.410 e. The van der Waals surface area contributed by atoms with Gasteiger partial charge in [0, 0.05) is 110 Å². The molecule has 3 N–H and O–H groups in total. The van der Waals surface area contributed by atoms with Gasteiger partial charge in [-0.25, -0.2) is 4.79 Å². The number of imide groups is 1. The number of alkyl halides is 3. The average molecular weight is 1400 g/mol. The maximum atomic E-state index is 14.9. The third kappa shape index (κ3) is 24.5. The van der Waals surface area contributed by atoms with Gasteiger partial charge in [0.25, 0.3) is 0 Å². The summed E-state index contributed by atoms with van der Waals surface area (Å²) in [5.41, 5.74) is 1.65. The number of carbonyl (C=O) groups excluding carboxylic acids is 9. The van der Waals surface area contributed by atoms with Crippen LogP contribution in [0.5, 0.6) is 0 Å². The van der Waals surface area contributed by atoms with Gasteiger partial charge in [-0.3, -0.25) is 53.5 Å². The molecule has 0 saturated carbocycles. The zero-order valence-electron chi connectivity index (χ0n) is 61.3. The van der Waals surface area contributed by atoms with E-state index in [1.807, 2.05) is 71.9 Å². The number of nitrogens with zero attached hydrogens (tertiary/aromatic N) is 5. The first kappa shape index (κ1) is 83.5. The smallest absolute Gasteiger partial charge is 0.410 e. The molecule has 0 spiro atoms. The van der Waals surface area contributed by atoms with Crippen molar-refractivity contribution in [2.45, 2.75) is 227 Å². The van der Waals surface area contributed by atoms with Crippen LogP contribution in [0.3, 0.4) is 0 Å². The highest BCUT2D eigenvalue weighted by atomic mass is 19.4. The number of likely N-dealkylation sites (tertiary alicyclic amines) is 2. The first-order valence-electron chi connectivity index (χ1n) is 36.0. The molecule has 3 heterocycles. The van der Waals surface area contributed by atoms with Crippen LogP contribution in [-0.2, 0) is 63.9 Å². The summed E-state index contributed by atoms with van der Waals surface area (Å²) in [7, 11) is 6.22. The molecule has 0 bridgehead atoms. The number of nitrogens with one attached hydrogen (secondary N) is 2. The summed E-state index contributed by atoms with van der Waals surface area (Å²) in [4.78, 5) is 132. The van der Waals surface area contributed by atoms with Crippen LogP contribution in [0, 0.1) is 47.3 Å². The van der Waals surface area contributed by atoms with Crippen molar-refractivity contribution >= 4 is 58.7 Å². The lowest BCUT2D eigenvalue weighted by atomic mass is 9.83. The van der Waals surface area contributed by atoms with Crippen molar-refractivity contribution in [2.75, 3.05) is 79.6 Å². The predicted molar refractivity (Wildman–Crippen MR) is 372 cm³/mol. The van der Waals surface area contributed by atoms with Gasteiger partial charge in [0.2, 0.25) is 29.5 Å². The number of hydrogen-bond donors (Lipinski definition) is 3. The third-order valence-corrected chi connectivity index (χ3v) is 20.6. The summed E-state index contributed by atoms with van der Waals surface area (Å²) in [5, 5.41) is 16.5. The number of hydrogen-bond acceptors (Lipinski definition) is 16. The fraction of sp³-hybridized carbons (Fsp3) is 0.720. The first-order chi connectivity index (χ1) is 46.8. The van der Waals surface area contributed by atoms with Crippen LogP contribution in [0.4, 0.5) is 23.7 Å². The van der Waals surface area contributed by atoms with Crippen LogP contribution in [0.15, 0.2) is 54.6 Å². The van der Waals surface area contributed by atoms with Crippen molar-refractivity contribution in [2.24, 2.45) is 47.3 Å². The summed E-state index contributed by atoms with van der Waals surface area (Å²) in [6, 6.07) is 10.6. The number of morpholine rings is 1.